The SMILES string of the molecule is C=Cc1cnn(C)c1CNC(=O)OC(C)(C)C. The summed E-state index contributed by atoms with van der Waals surface area (Å²) >= 11 is 0. The molecule has 0 aliphatic rings. The summed E-state index contributed by atoms with van der Waals surface area (Å²) in [5, 5.41) is 6.78. The normalized spacial score (nSPS) is 11.1. The Hall–Kier alpha value is -1.78. The average Bonchev–Trinajstić information content (AvgIpc) is 2.53. The molecule has 94 valence electrons. The van der Waals surface area contributed by atoms with Gasteiger partial charge in [-0.15, -0.1) is 0 Å². The van der Waals surface area contributed by atoms with Crippen molar-refractivity contribution in [2.24, 2.45) is 7.05 Å². The van der Waals surface area contributed by atoms with Crippen molar-refractivity contribution in [2.45, 2.75) is 32.9 Å². The Balaban J connectivity index is 2.58. The lowest BCUT2D eigenvalue weighted by Gasteiger charge is -2.19. The summed E-state index contributed by atoms with van der Waals surface area (Å²) in [6.45, 7) is 9.54. The topological polar surface area (TPSA) is 56.2 Å². The number of aryl methyl sites for hydroxylation is 1. The lowest BCUT2D eigenvalue weighted by molar-refractivity contribution is 0.0522. The first-order chi connectivity index (χ1) is 7.83. The molecule has 0 unspecified atom stereocenters. The molecule has 0 spiro atoms. The highest BCUT2D eigenvalue weighted by atomic mass is 16.6. The molecule has 17 heavy (non-hydrogen) atoms. The van der Waals surface area contributed by atoms with Crippen molar-refractivity contribution in [3.63, 3.8) is 0 Å². The third-order valence-electron chi connectivity index (χ3n) is 2.11. The number of carbonyl (C=O) groups excluding carboxylic acids is 1. The van der Waals surface area contributed by atoms with Crippen molar-refractivity contribution in [3.8, 4) is 0 Å². The van der Waals surface area contributed by atoms with E-state index >= 15 is 0 Å². The zero-order chi connectivity index (χ0) is 13.1. The van der Waals surface area contributed by atoms with Gasteiger partial charge in [0.15, 0.2) is 0 Å². The lowest BCUT2D eigenvalue weighted by atomic mass is 10.2. The highest BCUT2D eigenvalue weighted by Crippen LogP contribution is 2.10. The average molecular weight is 237 g/mol. The number of hydrogen-bond donors (Lipinski definition) is 1. The molecule has 0 bridgehead atoms. The summed E-state index contributed by atoms with van der Waals surface area (Å²) in [5.74, 6) is 0. The Morgan fingerprint density at radius 1 is 1.65 bits per heavy atom. The highest BCUT2D eigenvalue weighted by Gasteiger charge is 2.16. The first-order valence-electron chi connectivity index (χ1n) is 5.43. The van der Waals surface area contributed by atoms with Crippen LogP contribution in [0, 0.1) is 0 Å². The molecule has 0 saturated heterocycles. The number of nitrogens with zero attached hydrogens (tertiary/aromatic N) is 2. The zero-order valence-electron chi connectivity index (χ0n) is 10.8. The Kier molecular flexibility index (Phi) is 3.93. The smallest absolute Gasteiger partial charge is 0.407 e. The number of amides is 1. The lowest BCUT2D eigenvalue weighted by Crippen LogP contribution is -2.32. The molecular weight excluding hydrogens is 218 g/mol. The van der Waals surface area contributed by atoms with Crippen LogP contribution in [0.2, 0.25) is 0 Å². The van der Waals surface area contributed by atoms with Crippen LogP contribution in [0.1, 0.15) is 32.0 Å². The van der Waals surface area contributed by atoms with Crippen molar-refractivity contribution in [1.82, 2.24) is 15.1 Å². The van der Waals surface area contributed by atoms with Crippen molar-refractivity contribution in [2.75, 3.05) is 0 Å². The van der Waals surface area contributed by atoms with Crippen molar-refractivity contribution >= 4 is 12.2 Å². The van der Waals surface area contributed by atoms with E-state index in [1.165, 1.54) is 0 Å². The number of hydrogen-bond acceptors (Lipinski definition) is 3. The van der Waals surface area contributed by atoms with E-state index < -0.39 is 11.7 Å². The van der Waals surface area contributed by atoms with E-state index in [4.69, 9.17) is 4.74 Å². The fourth-order valence-corrected chi connectivity index (χ4v) is 1.34. The quantitative estimate of drug-likeness (QED) is 0.875. The van der Waals surface area contributed by atoms with E-state index in [-0.39, 0.29) is 0 Å². The van der Waals surface area contributed by atoms with E-state index in [2.05, 4.69) is 17.0 Å². The van der Waals surface area contributed by atoms with Gasteiger partial charge < -0.3 is 10.1 Å². The van der Waals surface area contributed by atoms with Crippen LogP contribution in [0.15, 0.2) is 12.8 Å². The van der Waals surface area contributed by atoms with Gasteiger partial charge in [0.05, 0.1) is 18.4 Å². The van der Waals surface area contributed by atoms with E-state index in [0.29, 0.717) is 6.54 Å². The molecule has 5 heteroatoms. The van der Waals surface area contributed by atoms with Gasteiger partial charge in [-0.1, -0.05) is 12.7 Å². The van der Waals surface area contributed by atoms with Crippen LogP contribution in [0.25, 0.3) is 6.08 Å². The van der Waals surface area contributed by atoms with Crippen LogP contribution >= 0.6 is 0 Å². The maximum absolute atomic E-state index is 11.5. The van der Waals surface area contributed by atoms with E-state index in [1.807, 2.05) is 27.8 Å². The summed E-state index contributed by atoms with van der Waals surface area (Å²) < 4.78 is 6.85. The number of ether oxygens (including phenoxy) is 1. The monoisotopic (exact) mass is 237 g/mol. The molecule has 0 atom stereocenters. The second kappa shape index (κ2) is 5.03. The van der Waals surface area contributed by atoms with Crippen molar-refractivity contribution < 1.29 is 9.53 Å². The molecule has 0 radical (unpaired) electrons. The van der Waals surface area contributed by atoms with Gasteiger partial charge in [0, 0.05) is 12.6 Å². The third kappa shape index (κ3) is 3.94. The van der Waals surface area contributed by atoms with Gasteiger partial charge in [0.25, 0.3) is 0 Å². The largest absolute Gasteiger partial charge is 0.444 e. The van der Waals surface area contributed by atoms with Crippen LogP contribution in [-0.4, -0.2) is 21.5 Å². The van der Waals surface area contributed by atoms with Gasteiger partial charge in [-0.05, 0) is 20.8 Å². The number of aromatic nitrogens is 2. The Labute approximate surface area is 101 Å². The number of alkyl carbamates (subject to hydrolysis) is 1. The minimum absolute atomic E-state index is 0.368. The maximum atomic E-state index is 11.5. The second-order valence-corrected chi connectivity index (χ2v) is 4.73. The predicted octanol–water partition coefficient (Wildman–Crippen LogP) is 2.09. The standard InChI is InChI=1S/C12H19N3O2/c1-6-9-7-14-15(5)10(9)8-13-11(16)17-12(2,3)4/h6-7H,1,8H2,2-5H3,(H,13,16). The zero-order valence-corrected chi connectivity index (χ0v) is 10.8. The Morgan fingerprint density at radius 3 is 2.82 bits per heavy atom. The fraction of sp³-hybridized carbons (Fsp3) is 0.500. The molecule has 1 aromatic rings. The molecule has 1 amide bonds. The molecule has 0 aliphatic heterocycles. The molecule has 0 aliphatic carbocycles. The number of nitrogens with one attached hydrogen (secondary N) is 1. The van der Waals surface area contributed by atoms with Crippen LogP contribution < -0.4 is 5.32 Å². The summed E-state index contributed by atoms with van der Waals surface area (Å²) in [6.07, 6.45) is 2.98. The Bertz CT molecular complexity index is 416. The minimum atomic E-state index is -0.488. The van der Waals surface area contributed by atoms with E-state index in [1.54, 1.807) is 17.0 Å². The van der Waals surface area contributed by atoms with Crippen LogP contribution in [0.4, 0.5) is 4.79 Å². The molecule has 1 heterocycles. The van der Waals surface area contributed by atoms with E-state index in [9.17, 15) is 4.79 Å². The van der Waals surface area contributed by atoms with Crippen LogP contribution in [0.5, 0.6) is 0 Å². The van der Waals surface area contributed by atoms with Gasteiger partial charge >= 0.3 is 6.09 Å². The number of rotatable bonds is 3. The van der Waals surface area contributed by atoms with Crippen molar-refractivity contribution in [1.29, 1.82) is 0 Å². The van der Waals surface area contributed by atoms with Gasteiger partial charge in [-0.3, -0.25) is 4.68 Å². The minimum Gasteiger partial charge on any atom is -0.444 e. The maximum Gasteiger partial charge on any atom is 0.407 e. The molecular formula is C12H19N3O2. The number of carbonyl (C=O) groups is 1. The van der Waals surface area contributed by atoms with Crippen LogP contribution in [0.3, 0.4) is 0 Å². The van der Waals surface area contributed by atoms with E-state index in [0.717, 1.165) is 11.3 Å². The summed E-state index contributed by atoms with van der Waals surface area (Å²) in [5.41, 5.74) is 1.31. The molecule has 1 N–H and O–H groups in total. The van der Waals surface area contributed by atoms with Crippen molar-refractivity contribution in [3.05, 3.63) is 24.0 Å². The highest BCUT2D eigenvalue weighted by molar-refractivity contribution is 5.67. The van der Waals surface area contributed by atoms with Gasteiger partial charge in [-0.25, -0.2) is 4.79 Å². The summed E-state index contributed by atoms with van der Waals surface area (Å²) in [7, 11) is 1.82. The van der Waals surface area contributed by atoms with Gasteiger partial charge in [0.2, 0.25) is 0 Å². The molecule has 0 aromatic carbocycles. The van der Waals surface area contributed by atoms with Gasteiger partial charge in [0.1, 0.15) is 5.60 Å². The first-order valence-corrected chi connectivity index (χ1v) is 5.43. The predicted molar refractivity (Wildman–Crippen MR) is 66.4 cm³/mol. The molecule has 0 fully saturated rings. The second-order valence-electron chi connectivity index (χ2n) is 4.73. The fourth-order valence-electron chi connectivity index (χ4n) is 1.34. The Morgan fingerprint density at radius 2 is 2.29 bits per heavy atom. The van der Waals surface area contributed by atoms with Gasteiger partial charge in [-0.2, -0.15) is 5.10 Å². The summed E-state index contributed by atoms with van der Waals surface area (Å²) in [6, 6.07) is 0. The molecule has 5 nitrogen and oxygen atoms in total. The van der Waals surface area contributed by atoms with Crippen LogP contribution in [-0.2, 0) is 18.3 Å². The third-order valence-corrected chi connectivity index (χ3v) is 2.11. The molecule has 1 rings (SSSR count). The first kappa shape index (κ1) is 13.3. The summed E-state index contributed by atoms with van der Waals surface area (Å²) in [4.78, 5) is 11.5. The molecule has 0 saturated carbocycles. The molecule has 1 aromatic heterocycles.